The summed E-state index contributed by atoms with van der Waals surface area (Å²) in [7, 11) is 3.04. The Morgan fingerprint density at radius 2 is 1.81 bits per heavy atom. The molecule has 37 heavy (non-hydrogen) atoms. The van der Waals surface area contributed by atoms with Crippen molar-refractivity contribution in [2.45, 2.75) is 20.3 Å². The lowest BCUT2D eigenvalue weighted by Gasteiger charge is -2.14. The fourth-order valence-corrected chi connectivity index (χ4v) is 4.43. The smallest absolute Gasteiger partial charge is 0.268 e. The lowest BCUT2D eigenvalue weighted by atomic mass is 10.1. The fraction of sp³-hybridized carbons (Fsp3) is 0.308. The average Bonchev–Trinajstić information content (AvgIpc) is 3.31. The number of rotatable bonds is 12. The summed E-state index contributed by atoms with van der Waals surface area (Å²) in [6, 6.07) is 12.4. The third kappa shape index (κ3) is 7.84. The molecule has 0 saturated heterocycles. The summed E-state index contributed by atoms with van der Waals surface area (Å²) in [6.07, 6.45) is 2.17. The second-order valence-electron chi connectivity index (χ2n) is 8.10. The van der Waals surface area contributed by atoms with Crippen LogP contribution in [0.4, 0.5) is 5.13 Å². The van der Waals surface area contributed by atoms with Crippen molar-refractivity contribution >= 4 is 40.1 Å². The summed E-state index contributed by atoms with van der Waals surface area (Å²) in [5.74, 6) is 1.69. The lowest BCUT2D eigenvalue weighted by molar-refractivity contribution is -0.112. The number of hydrogen-bond donors (Lipinski definition) is 1. The Morgan fingerprint density at radius 3 is 2.49 bits per heavy atom. The molecule has 1 N–H and O–H groups in total. The zero-order chi connectivity index (χ0) is 26.8. The van der Waals surface area contributed by atoms with Gasteiger partial charge in [0.15, 0.2) is 23.0 Å². The highest BCUT2D eigenvalue weighted by Gasteiger charge is 2.16. The van der Waals surface area contributed by atoms with Gasteiger partial charge in [0, 0.05) is 6.42 Å². The Bertz CT molecular complexity index is 1300. The number of halogens is 1. The largest absolute Gasteiger partial charge is 0.493 e. The maximum absolute atomic E-state index is 12.6. The number of nitrogens with zero attached hydrogens (tertiary/aromatic N) is 3. The number of aromatic nitrogens is 2. The number of anilines is 1. The van der Waals surface area contributed by atoms with Crippen molar-refractivity contribution < 1.29 is 23.7 Å². The number of benzene rings is 2. The Morgan fingerprint density at radius 1 is 1.11 bits per heavy atom. The molecule has 3 rings (SSSR count). The van der Waals surface area contributed by atoms with Gasteiger partial charge >= 0.3 is 0 Å². The number of para-hydroxylation sites is 2. The van der Waals surface area contributed by atoms with Crippen LogP contribution in [-0.4, -0.2) is 43.5 Å². The van der Waals surface area contributed by atoms with Gasteiger partial charge in [0.25, 0.3) is 5.91 Å². The molecule has 11 heteroatoms. The predicted molar refractivity (Wildman–Crippen MR) is 143 cm³/mol. The van der Waals surface area contributed by atoms with Crippen LogP contribution < -0.4 is 24.3 Å². The minimum atomic E-state index is -0.598. The fourth-order valence-electron chi connectivity index (χ4n) is 3.21. The normalized spacial score (nSPS) is 11.1. The van der Waals surface area contributed by atoms with Gasteiger partial charge in [-0.2, -0.15) is 5.26 Å². The van der Waals surface area contributed by atoms with E-state index >= 15 is 0 Å². The van der Waals surface area contributed by atoms with Crippen LogP contribution >= 0.6 is 22.9 Å². The first-order valence-electron chi connectivity index (χ1n) is 11.4. The molecule has 3 aromatic rings. The average molecular weight is 543 g/mol. The molecule has 0 atom stereocenters. The maximum atomic E-state index is 12.6. The number of ether oxygens (including phenoxy) is 4. The van der Waals surface area contributed by atoms with Crippen molar-refractivity contribution in [3.63, 3.8) is 0 Å². The van der Waals surface area contributed by atoms with E-state index in [0.29, 0.717) is 39.6 Å². The van der Waals surface area contributed by atoms with E-state index in [2.05, 4.69) is 29.4 Å². The predicted octanol–water partition coefficient (Wildman–Crippen LogP) is 5.41. The van der Waals surface area contributed by atoms with Crippen LogP contribution in [-0.2, 0) is 11.2 Å². The first-order valence-corrected chi connectivity index (χ1v) is 12.6. The molecule has 0 aliphatic heterocycles. The van der Waals surface area contributed by atoms with Gasteiger partial charge < -0.3 is 18.9 Å². The Balaban J connectivity index is 1.67. The van der Waals surface area contributed by atoms with Crippen LogP contribution in [0.25, 0.3) is 6.08 Å². The molecule has 1 amide bonds. The molecule has 0 bridgehead atoms. The number of nitriles is 1. The highest BCUT2D eigenvalue weighted by atomic mass is 35.5. The van der Waals surface area contributed by atoms with Gasteiger partial charge in [-0.25, -0.2) is 0 Å². The number of amides is 1. The van der Waals surface area contributed by atoms with Gasteiger partial charge in [0.2, 0.25) is 5.13 Å². The molecule has 9 nitrogen and oxygen atoms in total. The highest BCUT2D eigenvalue weighted by Crippen LogP contribution is 2.37. The molecule has 0 spiro atoms. The molecule has 1 heterocycles. The number of methoxy groups -OCH3 is 2. The summed E-state index contributed by atoms with van der Waals surface area (Å²) >= 11 is 7.72. The van der Waals surface area contributed by atoms with E-state index in [-0.39, 0.29) is 23.8 Å². The highest BCUT2D eigenvalue weighted by molar-refractivity contribution is 7.15. The zero-order valence-corrected chi connectivity index (χ0v) is 22.5. The quantitative estimate of drug-likeness (QED) is 0.183. The van der Waals surface area contributed by atoms with Crippen LogP contribution in [0, 0.1) is 17.2 Å². The molecular weight excluding hydrogens is 516 g/mol. The van der Waals surface area contributed by atoms with Gasteiger partial charge in [-0.15, -0.1) is 10.2 Å². The third-order valence-corrected chi connectivity index (χ3v) is 6.00. The van der Waals surface area contributed by atoms with E-state index < -0.39 is 5.91 Å². The molecule has 1 aromatic heterocycles. The number of carbonyl (C=O) groups is 1. The van der Waals surface area contributed by atoms with E-state index in [4.69, 9.17) is 30.5 Å². The molecule has 0 aliphatic carbocycles. The SMILES string of the molecule is COc1ccccc1OCCOc1c(Cl)cc(/C=C(/C#N)C(=O)Nc2nnc(CC(C)C)s2)cc1OC. The van der Waals surface area contributed by atoms with Crippen molar-refractivity contribution in [3.05, 3.63) is 57.6 Å². The van der Waals surface area contributed by atoms with Crippen molar-refractivity contribution in [3.8, 4) is 29.1 Å². The van der Waals surface area contributed by atoms with E-state index in [1.165, 1.54) is 24.5 Å². The van der Waals surface area contributed by atoms with Crippen LogP contribution in [0.2, 0.25) is 5.02 Å². The Hall–Kier alpha value is -3.81. The standard InChI is InChI=1S/C26H27ClN4O5S/c1-16(2)11-23-30-31-26(37-23)29-25(32)18(15-28)12-17-13-19(27)24(22(14-17)34-4)36-10-9-35-21-8-6-5-7-20(21)33-3/h5-8,12-14,16H,9-11H2,1-4H3,(H,29,31,32)/b18-12-. The summed E-state index contributed by atoms with van der Waals surface area (Å²) in [6.45, 7) is 4.57. The first-order chi connectivity index (χ1) is 17.8. The first kappa shape index (κ1) is 27.8. The molecule has 0 aliphatic rings. The summed E-state index contributed by atoms with van der Waals surface area (Å²) < 4.78 is 22.2. The summed E-state index contributed by atoms with van der Waals surface area (Å²) in [5, 5.41) is 21.6. The zero-order valence-electron chi connectivity index (χ0n) is 20.9. The van der Waals surface area contributed by atoms with Crippen molar-refractivity contribution in [2.75, 3.05) is 32.8 Å². The van der Waals surface area contributed by atoms with Crippen LogP contribution in [0.3, 0.4) is 0 Å². The molecule has 0 unspecified atom stereocenters. The second kappa shape index (κ2) is 13.5. The molecule has 0 radical (unpaired) electrons. The molecule has 0 fully saturated rings. The van der Waals surface area contributed by atoms with E-state index in [1.807, 2.05) is 18.2 Å². The monoisotopic (exact) mass is 542 g/mol. The molecule has 2 aromatic carbocycles. The third-order valence-electron chi connectivity index (χ3n) is 4.85. The minimum absolute atomic E-state index is 0.127. The van der Waals surface area contributed by atoms with Crippen LogP contribution in [0.5, 0.6) is 23.0 Å². The number of carbonyl (C=O) groups excluding carboxylic acids is 1. The lowest BCUT2D eigenvalue weighted by Crippen LogP contribution is -2.13. The number of hydrogen-bond acceptors (Lipinski definition) is 9. The van der Waals surface area contributed by atoms with Crippen LogP contribution in [0.15, 0.2) is 42.0 Å². The summed E-state index contributed by atoms with van der Waals surface area (Å²) in [4.78, 5) is 12.6. The minimum Gasteiger partial charge on any atom is -0.493 e. The van der Waals surface area contributed by atoms with Gasteiger partial charge in [-0.3, -0.25) is 10.1 Å². The number of nitrogens with one attached hydrogen (secondary N) is 1. The van der Waals surface area contributed by atoms with Crippen molar-refractivity contribution in [2.24, 2.45) is 5.92 Å². The Kier molecular flexibility index (Phi) is 10.1. The Labute approximate surface area is 224 Å². The molecular formula is C26H27ClN4O5S. The van der Waals surface area contributed by atoms with E-state index in [9.17, 15) is 10.1 Å². The molecule has 0 saturated carbocycles. The van der Waals surface area contributed by atoms with Crippen LogP contribution in [0.1, 0.15) is 24.4 Å². The van der Waals surface area contributed by atoms with Crippen molar-refractivity contribution in [1.29, 1.82) is 5.26 Å². The second-order valence-corrected chi connectivity index (χ2v) is 9.57. The van der Waals surface area contributed by atoms with Gasteiger partial charge in [-0.05, 0) is 41.8 Å². The van der Waals surface area contributed by atoms with Gasteiger partial charge in [-0.1, -0.05) is 48.9 Å². The van der Waals surface area contributed by atoms with Gasteiger partial charge in [0.1, 0.15) is 29.9 Å². The van der Waals surface area contributed by atoms with E-state index in [0.717, 1.165) is 11.4 Å². The van der Waals surface area contributed by atoms with Crippen molar-refractivity contribution in [1.82, 2.24) is 10.2 Å². The molecule has 194 valence electrons. The summed E-state index contributed by atoms with van der Waals surface area (Å²) in [5.41, 5.74) is 0.363. The maximum Gasteiger partial charge on any atom is 0.268 e. The van der Waals surface area contributed by atoms with Gasteiger partial charge in [0.05, 0.1) is 19.2 Å². The van der Waals surface area contributed by atoms with E-state index in [1.54, 1.807) is 31.4 Å². The topological polar surface area (TPSA) is 116 Å².